The van der Waals surface area contributed by atoms with Gasteiger partial charge < -0.3 is 10.1 Å². The molecule has 6 heteroatoms. The van der Waals surface area contributed by atoms with Gasteiger partial charge in [0.15, 0.2) is 0 Å². The molecule has 0 saturated heterocycles. The number of rotatable bonds is 3. The van der Waals surface area contributed by atoms with Crippen molar-refractivity contribution in [3.05, 3.63) is 29.7 Å². The second-order valence-corrected chi connectivity index (χ2v) is 7.18. The Labute approximate surface area is 134 Å². The number of aromatic nitrogens is 2. The summed E-state index contributed by atoms with van der Waals surface area (Å²) in [6.07, 6.45) is 2.29. The van der Waals surface area contributed by atoms with Crippen LogP contribution in [-0.4, -0.2) is 28.0 Å². The Morgan fingerprint density at radius 1 is 1.48 bits per heavy atom. The van der Waals surface area contributed by atoms with Crippen molar-refractivity contribution in [3.63, 3.8) is 0 Å². The van der Waals surface area contributed by atoms with E-state index in [1.54, 1.807) is 10.7 Å². The lowest BCUT2D eigenvalue weighted by molar-refractivity contribution is 0.0525. The van der Waals surface area contributed by atoms with Crippen molar-refractivity contribution < 1.29 is 13.9 Å². The van der Waals surface area contributed by atoms with Gasteiger partial charge in [0.25, 0.3) is 0 Å². The van der Waals surface area contributed by atoms with Crippen molar-refractivity contribution in [1.29, 1.82) is 0 Å². The summed E-state index contributed by atoms with van der Waals surface area (Å²) in [4.78, 5) is 11.7. The van der Waals surface area contributed by atoms with Crippen LogP contribution in [0.2, 0.25) is 0 Å². The summed E-state index contributed by atoms with van der Waals surface area (Å²) in [6.45, 7) is 5.97. The van der Waals surface area contributed by atoms with Gasteiger partial charge >= 0.3 is 6.09 Å². The van der Waals surface area contributed by atoms with Crippen LogP contribution in [0.4, 0.5) is 9.18 Å². The number of fused-ring (bicyclic) bond motifs is 1. The van der Waals surface area contributed by atoms with E-state index in [1.807, 2.05) is 34.0 Å². The number of hydrogen-bond donors (Lipinski definition) is 1. The number of carbonyl (C=O) groups excluding carboxylic acids is 1. The molecule has 1 aromatic carbocycles. The zero-order valence-electron chi connectivity index (χ0n) is 13.9. The van der Waals surface area contributed by atoms with Crippen molar-refractivity contribution in [2.45, 2.75) is 38.7 Å². The van der Waals surface area contributed by atoms with Crippen LogP contribution in [0, 0.1) is 11.7 Å². The lowest BCUT2D eigenvalue weighted by atomic mass is 10.0. The first kappa shape index (κ1) is 15.8. The molecule has 0 bridgehead atoms. The second kappa shape index (κ2) is 5.51. The third-order valence-electron chi connectivity index (χ3n) is 3.99. The summed E-state index contributed by atoms with van der Waals surface area (Å²) < 4.78 is 21.2. The van der Waals surface area contributed by atoms with Crippen LogP contribution in [0.5, 0.6) is 0 Å². The fourth-order valence-corrected chi connectivity index (χ4v) is 2.94. The molecule has 0 aliphatic heterocycles. The molecular formula is C17H22FN3O2. The van der Waals surface area contributed by atoms with Crippen LogP contribution in [-0.2, 0) is 11.8 Å². The molecule has 1 N–H and O–H groups in total. The number of ether oxygens (including phenoxy) is 1. The minimum Gasteiger partial charge on any atom is -0.444 e. The van der Waals surface area contributed by atoms with E-state index in [4.69, 9.17) is 4.74 Å². The van der Waals surface area contributed by atoms with Gasteiger partial charge in [0.1, 0.15) is 11.4 Å². The Hall–Kier alpha value is -2.11. The third kappa shape index (κ3) is 3.46. The normalized spacial score (nSPS) is 20.6. The topological polar surface area (TPSA) is 56.2 Å². The van der Waals surface area contributed by atoms with E-state index in [-0.39, 0.29) is 17.7 Å². The molecule has 1 fully saturated rings. The molecule has 0 spiro atoms. The summed E-state index contributed by atoms with van der Waals surface area (Å²) in [5.41, 5.74) is 1.00. The Bertz CT molecular complexity index is 748. The number of aryl methyl sites for hydroxylation is 1. The number of alkyl carbamates (subject to hydrolysis) is 1. The molecule has 2 atom stereocenters. The third-order valence-corrected chi connectivity index (χ3v) is 3.99. The summed E-state index contributed by atoms with van der Waals surface area (Å²) >= 11 is 0. The fourth-order valence-electron chi connectivity index (χ4n) is 2.94. The van der Waals surface area contributed by atoms with Crippen molar-refractivity contribution in [1.82, 2.24) is 15.1 Å². The molecule has 1 aliphatic rings. The molecule has 1 amide bonds. The Balaban J connectivity index is 1.67. The van der Waals surface area contributed by atoms with Gasteiger partial charge in [-0.25, -0.2) is 9.18 Å². The van der Waals surface area contributed by atoms with Gasteiger partial charge in [0.2, 0.25) is 0 Å². The summed E-state index contributed by atoms with van der Waals surface area (Å²) in [6, 6.07) is 3.17. The fraction of sp³-hybridized carbons (Fsp3) is 0.529. The molecule has 2 unspecified atom stereocenters. The van der Waals surface area contributed by atoms with E-state index in [0.717, 1.165) is 17.3 Å². The van der Waals surface area contributed by atoms with Crippen LogP contribution in [0.3, 0.4) is 0 Å². The van der Waals surface area contributed by atoms with E-state index in [2.05, 4.69) is 10.4 Å². The zero-order chi connectivity index (χ0) is 16.8. The molecule has 1 heterocycles. The highest BCUT2D eigenvalue weighted by molar-refractivity contribution is 5.83. The monoisotopic (exact) mass is 319 g/mol. The number of nitrogens with zero attached hydrogens (tertiary/aromatic N) is 2. The molecule has 5 nitrogen and oxygen atoms in total. The lowest BCUT2D eigenvalue weighted by Gasteiger charge is -2.19. The molecule has 1 aliphatic carbocycles. The molecule has 0 radical (unpaired) electrons. The van der Waals surface area contributed by atoms with Crippen molar-refractivity contribution >= 4 is 17.0 Å². The number of hydrogen-bond acceptors (Lipinski definition) is 3. The van der Waals surface area contributed by atoms with E-state index in [9.17, 15) is 9.18 Å². The summed E-state index contributed by atoms with van der Waals surface area (Å²) in [5, 5.41) is 7.95. The molecule has 1 saturated carbocycles. The maximum absolute atomic E-state index is 14.3. The zero-order valence-corrected chi connectivity index (χ0v) is 13.9. The molecule has 1 aromatic heterocycles. The highest BCUT2D eigenvalue weighted by Gasteiger charge is 2.41. The van der Waals surface area contributed by atoms with Gasteiger partial charge in [0.05, 0.1) is 5.52 Å². The van der Waals surface area contributed by atoms with Crippen LogP contribution in [0.25, 0.3) is 10.9 Å². The number of nitrogens with one attached hydrogen (secondary N) is 1. The van der Waals surface area contributed by atoms with E-state index in [1.165, 1.54) is 6.07 Å². The van der Waals surface area contributed by atoms with Gasteiger partial charge in [-0.05, 0) is 51.2 Å². The average molecular weight is 319 g/mol. The predicted octanol–water partition coefficient (Wildman–Crippen LogP) is 3.34. The second-order valence-electron chi connectivity index (χ2n) is 7.18. The quantitative estimate of drug-likeness (QED) is 0.944. The average Bonchev–Trinajstić information content (AvgIpc) is 3.07. The maximum atomic E-state index is 14.3. The standard InChI is InChI=1S/C17H22FN3O2/c1-17(2,3)23-16(22)19-8-10-7-11(10)15-12-9-21(4)20-14(12)6-5-13(15)18/h5-6,9-11H,7-8H2,1-4H3,(H,19,22). The smallest absolute Gasteiger partial charge is 0.407 e. The first-order valence-electron chi connectivity index (χ1n) is 7.83. The highest BCUT2D eigenvalue weighted by Crippen LogP contribution is 2.49. The lowest BCUT2D eigenvalue weighted by Crippen LogP contribution is -2.33. The maximum Gasteiger partial charge on any atom is 0.407 e. The van der Waals surface area contributed by atoms with E-state index >= 15 is 0 Å². The van der Waals surface area contributed by atoms with E-state index in [0.29, 0.717) is 12.1 Å². The van der Waals surface area contributed by atoms with Crippen molar-refractivity contribution in [2.24, 2.45) is 13.0 Å². The molecular weight excluding hydrogens is 297 g/mol. The number of benzene rings is 1. The van der Waals surface area contributed by atoms with Crippen LogP contribution >= 0.6 is 0 Å². The predicted molar refractivity (Wildman–Crippen MR) is 85.8 cm³/mol. The first-order chi connectivity index (χ1) is 10.7. The Morgan fingerprint density at radius 2 is 2.22 bits per heavy atom. The van der Waals surface area contributed by atoms with Gasteiger partial charge in [-0.15, -0.1) is 0 Å². The Morgan fingerprint density at radius 3 is 2.91 bits per heavy atom. The van der Waals surface area contributed by atoms with Crippen molar-refractivity contribution in [2.75, 3.05) is 6.54 Å². The van der Waals surface area contributed by atoms with Gasteiger partial charge in [-0.1, -0.05) is 0 Å². The number of halogens is 1. The van der Waals surface area contributed by atoms with Crippen molar-refractivity contribution in [3.8, 4) is 0 Å². The summed E-state index contributed by atoms with van der Waals surface area (Å²) in [5.74, 6) is 0.163. The first-order valence-corrected chi connectivity index (χ1v) is 7.83. The Kier molecular flexibility index (Phi) is 3.78. The van der Waals surface area contributed by atoms with Crippen LogP contribution in [0.1, 0.15) is 38.7 Å². The van der Waals surface area contributed by atoms with Crippen LogP contribution in [0.15, 0.2) is 18.3 Å². The molecule has 124 valence electrons. The number of carbonyl (C=O) groups is 1. The van der Waals surface area contributed by atoms with Gasteiger partial charge in [0, 0.05) is 30.7 Å². The molecule has 23 heavy (non-hydrogen) atoms. The molecule has 2 aromatic rings. The largest absolute Gasteiger partial charge is 0.444 e. The molecule has 3 rings (SSSR count). The minimum absolute atomic E-state index is 0.123. The summed E-state index contributed by atoms with van der Waals surface area (Å²) in [7, 11) is 1.83. The minimum atomic E-state index is -0.513. The van der Waals surface area contributed by atoms with Crippen LogP contribution < -0.4 is 5.32 Å². The number of amides is 1. The SMILES string of the molecule is Cn1cc2c(C3CC3CNC(=O)OC(C)(C)C)c(F)ccc2n1. The van der Waals surface area contributed by atoms with E-state index < -0.39 is 11.7 Å². The van der Waals surface area contributed by atoms with Gasteiger partial charge in [-0.2, -0.15) is 5.10 Å². The highest BCUT2D eigenvalue weighted by atomic mass is 19.1. The van der Waals surface area contributed by atoms with Gasteiger partial charge in [-0.3, -0.25) is 4.68 Å².